The van der Waals surface area contributed by atoms with Gasteiger partial charge in [-0.1, -0.05) is 6.07 Å². The molecule has 8 heteroatoms. The number of hydrogen-bond acceptors (Lipinski definition) is 6. The third-order valence-corrected chi connectivity index (χ3v) is 7.06. The Kier molecular flexibility index (Phi) is 4.84. The van der Waals surface area contributed by atoms with Crippen LogP contribution in [0, 0.1) is 18.8 Å². The van der Waals surface area contributed by atoms with E-state index in [9.17, 15) is 14.4 Å². The van der Waals surface area contributed by atoms with Gasteiger partial charge in [-0.05, 0) is 56.7 Å². The number of aryl methyl sites for hydroxylation is 1. The maximum absolute atomic E-state index is 14.0. The first-order chi connectivity index (χ1) is 15.8. The van der Waals surface area contributed by atoms with Crippen molar-refractivity contribution in [2.75, 3.05) is 25.6 Å². The number of rotatable bonds is 3. The second-order valence-electron chi connectivity index (χ2n) is 8.88. The Hall–Kier alpha value is -3.55. The van der Waals surface area contributed by atoms with E-state index in [-0.39, 0.29) is 19.1 Å². The molecule has 2 amide bonds. The minimum atomic E-state index is -1.47. The number of fused-ring (bicyclic) bond motifs is 6. The molecule has 0 spiro atoms. The number of carbonyl (C=O) groups excluding carboxylic acids is 3. The molecule has 2 aromatic rings. The van der Waals surface area contributed by atoms with Crippen LogP contribution < -0.4 is 14.8 Å². The number of ether oxygens (including phenoxy) is 3. The van der Waals surface area contributed by atoms with Gasteiger partial charge >= 0.3 is 5.97 Å². The fourth-order valence-electron chi connectivity index (χ4n) is 5.54. The number of esters is 1. The summed E-state index contributed by atoms with van der Waals surface area (Å²) in [6.45, 7) is 5.62. The molecule has 1 saturated heterocycles. The van der Waals surface area contributed by atoms with E-state index in [0.717, 1.165) is 5.56 Å². The van der Waals surface area contributed by atoms with Crippen LogP contribution in [0.1, 0.15) is 41.4 Å². The molecule has 3 heterocycles. The number of methoxy groups -OCH3 is 1. The normalized spacial score (nSPS) is 27.3. The van der Waals surface area contributed by atoms with Crippen molar-refractivity contribution >= 4 is 23.5 Å². The van der Waals surface area contributed by atoms with Crippen molar-refractivity contribution < 1.29 is 28.6 Å². The minimum absolute atomic E-state index is 0.170. The van der Waals surface area contributed by atoms with E-state index in [1.807, 2.05) is 19.1 Å². The van der Waals surface area contributed by atoms with Crippen molar-refractivity contribution in [3.63, 3.8) is 0 Å². The molecule has 1 N–H and O–H groups in total. The van der Waals surface area contributed by atoms with E-state index < -0.39 is 35.3 Å². The van der Waals surface area contributed by atoms with E-state index in [4.69, 9.17) is 14.2 Å². The molecular weight excluding hydrogens is 424 g/mol. The highest BCUT2D eigenvalue weighted by Gasteiger charge is 2.67. The monoisotopic (exact) mass is 450 g/mol. The van der Waals surface area contributed by atoms with Crippen LogP contribution in [0.5, 0.6) is 11.5 Å². The van der Waals surface area contributed by atoms with Crippen molar-refractivity contribution in [3.8, 4) is 11.5 Å². The van der Waals surface area contributed by atoms with Crippen LogP contribution in [0.4, 0.5) is 5.69 Å². The maximum Gasteiger partial charge on any atom is 0.312 e. The third-order valence-electron chi connectivity index (χ3n) is 7.06. The van der Waals surface area contributed by atoms with Gasteiger partial charge in [0.1, 0.15) is 17.0 Å². The molecule has 0 unspecified atom stereocenters. The summed E-state index contributed by atoms with van der Waals surface area (Å²) in [5, 5.41) is 2.91. The molecule has 3 aliphatic rings. The fraction of sp³-hybridized carbons (Fsp3) is 0.400. The Morgan fingerprint density at radius 1 is 1.24 bits per heavy atom. The molecule has 3 aliphatic heterocycles. The Morgan fingerprint density at radius 3 is 2.76 bits per heavy atom. The molecule has 33 heavy (non-hydrogen) atoms. The van der Waals surface area contributed by atoms with Gasteiger partial charge in [-0.2, -0.15) is 0 Å². The van der Waals surface area contributed by atoms with Crippen molar-refractivity contribution in [2.45, 2.75) is 32.4 Å². The van der Waals surface area contributed by atoms with Gasteiger partial charge in [-0.25, -0.2) is 0 Å². The first kappa shape index (κ1) is 21.3. The van der Waals surface area contributed by atoms with E-state index in [1.54, 1.807) is 50.1 Å². The molecule has 1 fully saturated rings. The molecule has 5 rings (SSSR count). The van der Waals surface area contributed by atoms with Gasteiger partial charge in [0.15, 0.2) is 0 Å². The predicted molar refractivity (Wildman–Crippen MR) is 119 cm³/mol. The number of nitrogens with zero attached hydrogens (tertiary/aromatic N) is 1. The molecule has 4 atom stereocenters. The van der Waals surface area contributed by atoms with E-state index in [1.165, 1.54) is 0 Å². The molecule has 172 valence electrons. The highest BCUT2D eigenvalue weighted by Crippen LogP contribution is 2.57. The summed E-state index contributed by atoms with van der Waals surface area (Å²) < 4.78 is 16.8. The highest BCUT2D eigenvalue weighted by molar-refractivity contribution is 6.13. The molecular formula is C25H26N2O6. The summed E-state index contributed by atoms with van der Waals surface area (Å²) >= 11 is 0. The zero-order valence-electron chi connectivity index (χ0n) is 19.0. The fourth-order valence-corrected chi connectivity index (χ4v) is 5.54. The number of hydrogen-bond donors (Lipinski definition) is 1. The highest BCUT2D eigenvalue weighted by atomic mass is 16.5. The van der Waals surface area contributed by atoms with Crippen LogP contribution in [0.3, 0.4) is 0 Å². The molecule has 8 nitrogen and oxygen atoms in total. The van der Waals surface area contributed by atoms with E-state index in [2.05, 4.69) is 5.32 Å². The lowest BCUT2D eigenvalue weighted by Gasteiger charge is -2.38. The molecule has 2 aromatic carbocycles. The Balaban J connectivity index is 1.76. The van der Waals surface area contributed by atoms with E-state index >= 15 is 0 Å². The van der Waals surface area contributed by atoms with Crippen LogP contribution in [-0.4, -0.2) is 48.5 Å². The molecule has 0 aliphatic carbocycles. The Morgan fingerprint density at radius 2 is 2.03 bits per heavy atom. The number of anilines is 1. The van der Waals surface area contributed by atoms with Gasteiger partial charge in [-0.15, -0.1) is 0 Å². The van der Waals surface area contributed by atoms with Crippen LogP contribution >= 0.6 is 0 Å². The Labute approximate surface area is 191 Å². The predicted octanol–water partition coefficient (Wildman–Crippen LogP) is 3.10. The van der Waals surface area contributed by atoms with Gasteiger partial charge in [0, 0.05) is 11.5 Å². The first-order valence-corrected chi connectivity index (χ1v) is 11.0. The van der Waals surface area contributed by atoms with Crippen molar-refractivity contribution in [2.24, 2.45) is 11.8 Å². The number of carbonyl (C=O) groups is 3. The zero-order valence-corrected chi connectivity index (χ0v) is 19.0. The second-order valence-corrected chi connectivity index (χ2v) is 8.88. The van der Waals surface area contributed by atoms with Crippen LogP contribution in [0.2, 0.25) is 0 Å². The summed E-state index contributed by atoms with van der Waals surface area (Å²) in [7, 11) is 1.56. The SMILES string of the molecule is CCOC(=O)[C@H]1[C@H]2COc3ccc(OC)cc3[C@@H]2N2C(=O)c3ccc(C)cc3NC(=O)[C@@]12C. The second kappa shape index (κ2) is 7.50. The summed E-state index contributed by atoms with van der Waals surface area (Å²) in [4.78, 5) is 42.6. The molecule has 0 radical (unpaired) electrons. The van der Waals surface area contributed by atoms with Crippen LogP contribution in [-0.2, 0) is 14.3 Å². The average molecular weight is 450 g/mol. The van der Waals surface area contributed by atoms with Gasteiger partial charge in [0.25, 0.3) is 11.8 Å². The first-order valence-electron chi connectivity index (χ1n) is 11.0. The van der Waals surface area contributed by atoms with Crippen molar-refractivity contribution in [1.82, 2.24) is 4.90 Å². The summed E-state index contributed by atoms with van der Waals surface area (Å²) in [6.07, 6.45) is 0. The minimum Gasteiger partial charge on any atom is -0.497 e. The van der Waals surface area contributed by atoms with Gasteiger partial charge in [0.2, 0.25) is 0 Å². The lowest BCUT2D eigenvalue weighted by molar-refractivity contribution is -0.155. The number of nitrogens with one attached hydrogen (secondary N) is 1. The van der Waals surface area contributed by atoms with E-state index in [0.29, 0.717) is 28.3 Å². The van der Waals surface area contributed by atoms with Gasteiger partial charge < -0.3 is 24.4 Å². The average Bonchev–Trinajstić information content (AvgIpc) is 3.04. The summed E-state index contributed by atoms with van der Waals surface area (Å²) in [5.41, 5.74) is 0.976. The third kappa shape index (κ3) is 2.93. The van der Waals surface area contributed by atoms with Crippen LogP contribution in [0.25, 0.3) is 0 Å². The topological polar surface area (TPSA) is 94.2 Å². The molecule has 0 aromatic heterocycles. The lowest BCUT2D eigenvalue weighted by atomic mass is 9.77. The summed E-state index contributed by atoms with van der Waals surface area (Å²) in [6, 6.07) is 10.2. The maximum atomic E-state index is 14.0. The van der Waals surface area contributed by atoms with Gasteiger partial charge in [0.05, 0.1) is 43.5 Å². The van der Waals surface area contributed by atoms with Crippen LogP contribution in [0.15, 0.2) is 36.4 Å². The largest absolute Gasteiger partial charge is 0.497 e. The number of amides is 2. The smallest absolute Gasteiger partial charge is 0.312 e. The van der Waals surface area contributed by atoms with Crippen molar-refractivity contribution in [3.05, 3.63) is 53.1 Å². The van der Waals surface area contributed by atoms with Gasteiger partial charge in [-0.3, -0.25) is 14.4 Å². The molecule has 0 saturated carbocycles. The lowest BCUT2D eigenvalue weighted by Crippen LogP contribution is -2.57. The quantitative estimate of drug-likeness (QED) is 0.723. The van der Waals surface area contributed by atoms with Crippen molar-refractivity contribution in [1.29, 1.82) is 0 Å². The summed E-state index contributed by atoms with van der Waals surface area (Å²) in [5.74, 6) is -1.41. The Bertz CT molecular complexity index is 1180. The zero-order chi connectivity index (χ0) is 23.5. The molecule has 0 bridgehead atoms. The number of benzene rings is 2. The standard InChI is InChI=1S/C25H26N2O6/c1-5-32-23(29)20-17-12-33-19-9-7-14(31-4)11-16(19)21(17)27-22(28)15-8-6-13(2)10-18(15)26-24(30)25(20,27)3/h6-11,17,20-21H,5,12H2,1-4H3,(H,26,30)/t17-,20-,21+,25-/m1/s1.